The highest BCUT2D eigenvalue weighted by atomic mass is 35.5. The molecule has 0 spiro atoms. The molecule has 1 atom stereocenters. The standard InChI is InChI=1S/C15H18ClFN2/c1-3-18-11(2)15-5-4-8-19(15)10-12-9-13(16)6-7-14(12)17/h4-9,11,18H,3,10H2,1-2H3. The summed E-state index contributed by atoms with van der Waals surface area (Å²) in [6.45, 7) is 5.56. The van der Waals surface area contributed by atoms with Crippen LogP contribution in [0.15, 0.2) is 36.5 Å². The smallest absolute Gasteiger partial charge is 0.128 e. The summed E-state index contributed by atoms with van der Waals surface area (Å²) in [4.78, 5) is 0. The minimum absolute atomic E-state index is 0.222. The van der Waals surface area contributed by atoms with Gasteiger partial charge in [0.15, 0.2) is 0 Å². The molecule has 0 radical (unpaired) electrons. The Bertz CT molecular complexity index is 551. The lowest BCUT2D eigenvalue weighted by atomic mass is 10.2. The first-order valence-corrected chi connectivity index (χ1v) is 6.82. The molecule has 1 N–H and O–H groups in total. The number of rotatable bonds is 5. The third-order valence-corrected chi connectivity index (χ3v) is 3.40. The number of hydrogen-bond donors (Lipinski definition) is 1. The Morgan fingerprint density at radius 2 is 2.16 bits per heavy atom. The summed E-state index contributed by atoms with van der Waals surface area (Å²) >= 11 is 5.92. The molecule has 2 nitrogen and oxygen atoms in total. The second kappa shape index (κ2) is 6.22. The monoisotopic (exact) mass is 280 g/mol. The van der Waals surface area contributed by atoms with E-state index >= 15 is 0 Å². The molecular weight excluding hydrogens is 263 g/mol. The van der Waals surface area contributed by atoms with Crippen molar-refractivity contribution in [2.24, 2.45) is 0 Å². The summed E-state index contributed by atoms with van der Waals surface area (Å²) in [5.74, 6) is -0.222. The zero-order valence-corrected chi connectivity index (χ0v) is 11.9. The highest BCUT2D eigenvalue weighted by Gasteiger charge is 2.11. The maximum absolute atomic E-state index is 13.8. The second-order valence-electron chi connectivity index (χ2n) is 4.58. The van der Waals surface area contributed by atoms with Crippen LogP contribution in [0.25, 0.3) is 0 Å². The Morgan fingerprint density at radius 3 is 2.89 bits per heavy atom. The topological polar surface area (TPSA) is 17.0 Å². The quantitative estimate of drug-likeness (QED) is 0.876. The van der Waals surface area contributed by atoms with E-state index < -0.39 is 0 Å². The predicted octanol–water partition coefficient (Wildman–Crippen LogP) is 4.00. The van der Waals surface area contributed by atoms with E-state index in [2.05, 4.69) is 25.2 Å². The van der Waals surface area contributed by atoms with Crippen molar-refractivity contribution >= 4 is 11.6 Å². The van der Waals surface area contributed by atoms with Crippen molar-refractivity contribution in [3.63, 3.8) is 0 Å². The Kier molecular flexibility index (Phi) is 4.61. The average Bonchev–Trinajstić information content (AvgIpc) is 2.82. The van der Waals surface area contributed by atoms with E-state index in [1.54, 1.807) is 12.1 Å². The van der Waals surface area contributed by atoms with Gasteiger partial charge < -0.3 is 9.88 Å². The average molecular weight is 281 g/mol. The highest BCUT2D eigenvalue weighted by Crippen LogP contribution is 2.19. The maximum Gasteiger partial charge on any atom is 0.128 e. The van der Waals surface area contributed by atoms with Crippen molar-refractivity contribution in [1.82, 2.24) is 9.88 Å². The van der Waals surface area contributed by atoms with Gasteiger partial charge in [-0.15, -0.1) is 0 Å². The van der Waals surface area contributed by atoms with Crippen molar-refractivity contribution in [3.05, 3.63) is 58.6 Å². The third kappa shape index (κ3) is 3.37. The van der Waals surface area contributed by atoms with Crippen LogP contribution in [0.1, 0.15) is 31.1 Å². The van der Waals surface area contributed by atoms with E-state index in [4.69, 9.17) is 11.6 Å². The molecular formula is C15H18ClFN2. The predicted molar refractivity (Wildman–Crippen MR) is 77.0 cm³/mol. The second-order valence-corrected chi connectivity index (χ2v) is 5.01. The number of aromatic nitrogens is 1. The van der Waals surface area contributed by atoms with Gasteiger partial charge in [0.25, 0.3) is 0 Å². The van der Waals surface area contributed by atoms with Gasteiger partial charge in [0.1, 0.15) is 5.82 Å². The lowest BCUT2D eigenvalue weighted by Gasteiger charge is -2.16. The fourth-order valence-electron chi connectivity index (χ4n) is 2.22. The molecule has 0 aliphatic carbocycles. The van der Waals surface area contributed by atoms with E-state index in [0.29, 0.717) is 17.1 Å². The molecule has 0 amide bonds. The number of nitrogens with zero attached hydrogens (tertiary/aromatic N) is 1. The van der Waals surface area contributed by atoms with Crippen molar-refractivity contribution in [2.45, 2.75) is 26.4 Å². The molecule has 0 aliphatic heterocycles. The first-order chi connectivity index (χ1) is 9.11. The summed E-state index contributed by atoms with van der Waals surface area (Å²) < 4.78 is 15.8. The maximum atomic E-state index is 13.8. The molecule has 1 unspecified atom stereocenters. The summed E-state index contributed by atoms with van der Waals surface area (Å²) in [6.07, 6.45) is 1.96. The summed E-state index contributed by atoms with van der Waals surface area (Å²) in [6, 6.07) is 8.93. The first kappa shape index (κ1) is 14.1. The minimum Gasteiger partial charge on any atom is -0.345 e. The fourth-order valence-corrected chi connectivity index (χ4v) is 2.42. The van der Waals surface area contributed by atoms with Gasteiger partial charge in [-0.2, -0.15) is 0 Å². The normalized spacial score (nSPS) is 12.6. The molecule has 0 saturated carbocycles. The van der Waals surface area contributed by atoms with Gasteiger partial charge in [-0.1, -0.05) is 18.5 Å². The van der Waals surface area contributed by atoms with Crippen molar-refractivity contribution in [3.8, 4) is 0 Å². The van der Waals surface area contributed by atoms with Crippen LogP contribution in [0.5, 0.6) is 0 Å². The lowest BCUT2D eigenvalue weighted by Crippen LogP contribution is -2.21. The molecule has 19 heavy (non-hydrogen) atoms. The Hall–Kier alpha value is -1.32. The van der Waals surface area contributed by atoms with Gasteiger partial charge in [0, 0.05) is 28.5 Å². The summed E-state index contributed by atoms with van der Waals surface area (Å²) in [5.41, 5.74) is 1.75. The molecule has 0 fully saturated rings. The summed E-state index contributed by atoms with van der Waals surface area (Å²) in [5, 5.41) is 3.92. The molecule has 0 saturated heterocycles. The van der Waals surface area contributed by atoms with Crippen LogP contribution in [0, 0.1) is 5.82 Å². The molecule has 0 aliphatic rings. The molecule has 0 bridgehead atoms. The minimum atomic E-state index is -0.222. The van der Waals surface area contributed by atoms with Crippen LogP contribution in [0.4, 0.5) is 4.39 Å². The molecule has 4 heteroatoms. The molecule has 2 aromatic rings. The molecule has 1 aromatic carbocycles. The fraction of sp³-hybridized carbons (Fsp3) is 0.333. The van der Waals surface area contributed by atoms with Gasteiger partial charge in [-0.25, -0.2) is 4.39 Å². The van der Waals surface area contributed by atoms with E-state index in [-0.39, 0.29) is 11.9 Å². The molecule has 1 aromatic heterocycles. The van der Waals surface area contributed by atoms with Gasteiger partial charge in [0.2, 0.25) is 0 Å². The van der Waals surface area contributed by atoms with E-state index in [1.165, 1.54) is 6.07 Å². The number of halogens is 2. The van der Waals surface area contributed by atoms with Crippen molar-refractivity contribution in [1.29, 1.82) is 0 Å². The van der Waals surface area contributed by atoms with Crippen LogP contribution >= 0.6 is 11.6 Å². The third-order valence-electron chi connectivity index (χ3n) is 3.17. The van der Waals surface area contributed by atoms with Gasteiger partial charge in [0.05, 0.1) is 6.54 Å². The van der Waals surface area contributed by atoms with Crippen LogP contribution < -0.4 is 5.32 Å². The number of benzene rings is 1. The van der Waals surface area contributed by atoms with E-state index in [0.717, 1.165) is 12.2 Å². The number of nitrogens with one attached hydrogen (secondary N) is 1. The van der Waals surface area contributed by atoms with Gasteiger partial charge >= 0.3 is 0 Å². The Morgan fingerprint density at radius 1 is 1.37 bits per heavy atom. The summed E-state index contributed by atoms with van der Waals surface area (Å²) in [7, 11) is 0. The van der Waals surface area contributed by atoms with E-state index in [9.17, 15) is 4.39 Å². The van der Waals surface area contributed by atoms with Gasteiger partial charge in [-0.3, -0.25) is 0 Å². The van der Waals surface area contributed by atoms with Crippen molar-refractivity contribution in [2.75, 3.05) is 6.54 Å². The zero-order valence-electron chi connectivity index (χ0n) is 11.2. The molecule has 102 valence electrons. The Labute approximate surface area is 118 Å². The van der Waals surface area contributed by atoms with Crippen LogP contribution in [-0.4, -0.2) is 11.1 Å². The largest absolute Gasteiger partial charge is 0.345 e. The van der Waals surface area contributed by atoms with Crippen molar-refractivity contribution < 1.29 is 4.39 Å². The van der Waals surface area contributed by atoms with E-state index in [1.807, 2.05) is 16.8 Å². The SMILES string of the molecule is CCNC(C)c1cccn1Cc1cc(Cl)ccc1F. The lowest BCUT2D eigenvalue weighted by molar-refractivity contribution is 0.544. The molecule has 2 rings (SSSR count). The molecule has 1 heterocycles. The Balaban J connectivity index is 2.24. The number of hydrogen-bond acceptors (Lipinski definition) is 1. The van der Waals surface area contributed by atoms with Crippen LogP contribution in [0.2, 0.25) is 5.02 Å². The van der Waals surface area contributed by atoms with Gasteiger partial charge in [-0.05, 0) is 43.8 Å². The first-order valence-electron chi connectivity index (χ1n) is 6.44. The van der Waals surface area contributed by atoms with Crippen LogP contribution in [-0.2, 0) is 6.54 Å². The zero-order chi connectivity index (χ0) is 13.8. The van der Waals surface area contributed by atoms with Crippen LogP contribution in [0.3, 0.4) is 0 Å². The highest BCUT2D eigenvalue weighted by molar-refractivity contribution is 6.30.